The molecule has 0 aromatic heterocycles. The number of rotatable bonds is 2. The molecule has 1 fully saturated rings. The van der Waals surface area contributed by atoms with Crippen molar-refractivity contribution in [3.8, 4) is 0 Å². The molecule has 22 heavy (non-hydrogen) atoms. The second-order valence-electron chi connectivity index (χ2n) is 6.45. The number of anilines is 1. The summed E-state index contributed by atoms with van der Waals surface area (Å²) in [5.41, 5.74) is 4.42. The maximum absolute atomic E-state index is 3.22. The van der Waals surface area contributed by atoms with Gasteiger partial charge in [0.1, 0.15) is 12.2 Å². The molecule has 1 aromatic rings. The van der Waals surface area contributed by atoms with Gasteiger partial charge >= 0.3 is 0 Å². The number of hydrogen-bond donors (Lipinski definition) is 0. The van der Waals surface area contributed by atoms with E-state index >= 15 is 0 Å². The minimum atomic E-state index is 0.729. The molecule has 1 aliphatic heterocycles. The van der Waals surface area contributed by atoms with Gasteiger partial charge in [-0.1, -0.05) is 18.2 Å². The molecule has 1 atom stereocenters. The van der Waals surface area contributed by atoms with Crippen LogP contribution in [0.2, 0.25) is 0 Å². The van der Waals surface area contributed by atoms with Crippen LogP contribution in [0.1, 0.15) is 19.3 Å². The van der Waals surface area contributed by atoms with Crippen molar-refractivity contribution >= 4 is 5.69 Å². The lowest BCUT2D eigenvalue weighted by molar-refractivity contribution is 0.171. The third-order valence-corrected chi connectivity index (χ3v) is 5.21. The SMILES string of the molecule is [C+]1=CC2=C(C=C1)CC(N1CCN(c3ccccc3)CC1)CC2. The van der Waals surface area contributed by atoms with Gasteiger partial charge in [-0.05, 0) is 18.6 Å². The first-order valence-electron chi connectivity index (χ1n) is 8.42. The summed E-state index contributed by atoms with van der Waals surface area (Å²) in [5, 5.41) is 0. The van der Waals surface area contributed by atoms with Crippen LogP contribution in [0.4, 0.5) is 5.69 Å². The van der Waals surface area contributed by atoms with E-state index in [1.165, 1.54) is 43.6 Å². The highest BCUT2D eigenvalue weighted by Crippen LogP contribution is 2.32. The monoisotopic (exact) mass is 291 g/mol. The molecular weight excluding hydrogens is 268 g/mol. The van der Waals surface area contributed by atoms with Gasteiger partial charge in [-0.2, -0.15) is 0 Å². The number of hydrogen-bond acceptors (Lipinski definition) is 2. The first-order chi connectivity index (χ1) is 10.9. The minimum Gasteiger partial charge on any atom is -0.369 e. The summed E-state index contributed by atoms with van der Waals surface area (Å²) >= 11 is 0. The molecule has 112 valence electrons. The largest absolute Gasteiger partial charge is 0.369 e. The summed E-state index contributed by atoms with van der Waals surface area (Å²) in [7, 11) is 0. The number of piperazine rings is 1. The zero-order chi connectivity index (χ0) is 14.8. The van der Waals surface area contributed by atoms with E-state index in [0.29, 0.717) is 0 Å². The second-order valence-corrected chi connectivity index (χ2v) is 6.45. The van der Waals surface area contributed by atoms with Gasteiger partial charge < -0.3 is 4.90 Å². The van der Waals surface area contributed by atoms with Crippen molar-refractivity contribution in [2.45, 2.75) is 25.3 Å². The van der Waals surface area contributed by atoms with Crippen LogP contribution in [-0.4, -0.2) is 37.1 Å². The summed E-state index contributed by atoms with van der Waals surface area (Å²) in [6, 6.07) is 11.5. The predicted octanol–water partition coefficient (Wildman–Crippen LogP) is 3.59. The van der Waals surface area contributed by atoms with Crippen molar-refractivity contribution in [3.05, 3.63) is 65.8 Å². The Labute approximate surface area is 133 Å². The van der Waals surface area contributed by atoms with E-state index in [-0.39, 0.29) is 0 Å². The molecule has 0 N–H and O–H groups in total. The maximum Gasteiger partial charge on any atom is 0.106 e. The predicted molar refractivity (Wildman–Crippen MR) is 91.8 cm³/mol. The van der Waals surface area contributed by atoms with Gasteiger partial charge in [-0.15, -0.1) is 0 Å². The zero-order valence-corrected chi connectivity index (χ0v) is 13.0. The fourth-order valence-electron chi connectivity index (χ4n) is 3.90. The molecule has 3 aliphatic rings. The number of para-hydroxylation sites is 1. The molecular formula is C20H23N2+. The van der Waals surface area contributed by atoms with Crippen molar-refractivity contribution in [3.63, 3.8) is 0 Å². The van der Waals surface area contributed by atoms with E-state index in [4.69, 9.17) is 0 Å². The van der Waals surface area contributed by atoms with E-state index in [2.05, 4.69) is 64.4 Å². The quantitative estimate of drug-likeness (QED) is 0.768. The molecule has 0 bridgehead atoms. The van der Waals surface area contributed by atoms with Gasteiger partial charge in [0, 0.05) is 56.8 Å². The highest BCUT2D eigenvalue weighted by atomic mass is 15.3. The van der Waals surface area contributed by atoms with Crippen molar-refractivity contribution in [2.24, 2.45) is 0 Å². The Kier molecular flexibility index (Phi) is 3.80. The average Bonchev–Trinajstić information content (AvgIpc) is 2.62. The Morgan fingerprint density at radius 1 is 0.955 bits per heavy atom. The van der Waals surface area contributed by atoms with Crippen molar-refractivity contribution in [1.29, 1.82) is 0 Å². The maximum atomic E-state index is 3.22. The molecule has 4 rings (SSSR count). The summed E-state index contributed by atoms with van der Waals surface area (Å²) in [6.07, 6.45) is 13.5. The van der Waals surface area contributed by atoms with E-state index in [1.807, 2.05) is 0 Å². The van der Waals surface area contributed by atoms with E-state index in [0.717, 1.165) is 19.1 Å². The molecule has 1 saturated heterocycles. The first kappa shape index (κ1) is 13.8. The number of benzene rings is 1. The molecule has 2 heteroatoms. The fourth-order valence-corrected chi connectivity index (χ4v) is 3.90. The van der Waals surface area contributed by atoms with Crippen LogP contribution >= 0.6 is 0 Å². The standard InChI is InChI=1S/C20H23N2/c1-2-8-19(9-3-1)21-12-14-22(15-13-21)20-11-10-17-6-4-5-7-18(17)16-20/h1-3,5-9,20H,10-16H2/q+1. The molecule has 1 heterocycles. The van der Waals surface area contributed by atoms with Crippen LogP contribution in [0.25, 0.3) is 0 Å². The Hall–Kier alpha value is -1.89. The van der Waals surface area contributed by atoms with Crippen LogP contribution in [0.5, 0.6) is 0 Å². The van der Waals surface area contributed by atoms with Crippen molar-refractivity contribution < 1.29 is 0 Å². The van der Waals surface area contributed by atoms with Crippen LogP contribution < -0.4 is 4.90 Å². The summed E-state index contributed by atoms with van der Waals surface area (Å²) in [4.78, 5) is 5.22. The lowest BCUT2D eigenvalue weighted by Gasteiger charge is -2.41. The van der Waals surface area contributed by atoms with Gasteiger partial charge in [0.25, 0.3) is 0 Å². The van der Waals surface area contributed by atoms with Gasteiger partial charge in [0.05, 0.1) is 17.2 Å². The molecule has 0 radical (unpaired) electrons. The molecule has 2 nitrogen and oxygen atoms in total. The Morgan fingerprint density at radius 2 is 1.77 bits per heavy atom. The van der Waals surface area contributed by atoms with Crippen molar-refractivity contribution in [1.82, 2.24) is 4.90 Å². The lowest BCUT2D eigenvalue weighted by atomic mass is 9.85. The summed E-state index contributed by atoms with van der Waals surface area (Å²) < 4.78 is 0. The van der Waals surface area contributed by atoms with Crippen LogP contribution in [-0.2, 0) is 0 Å². The number of allylic oxidation sites excluding steroid dienone is 5. The average molecular weight is 291 g/mol. The molecule has 0 spiro atoms. The van der Waals surface area contributed by atoms with Crippen molar-refractivity contribution in [2.75, 3.05) is 31.1 Å². The normalized spacial score (nSPS) is 25.1. The van der Waals surface area contributed by atoms with Crippen LogP contribution in [0.3, 0.4) is 0 Å². The van der Waals surface area contributed by atoms with Gasteiger partial charge in [0.15, 0.2) is 0 Å². The Bertz CT molecular complexity index is 604. The van der Waals surface area contributed by atoms with Gasteiger partial charge in [0.2, 0.25) is 0 Å². The van der Waals surface area contributed by atoms with E-state index in [1.54, 1.807) is 5.57 Å². The van der Waals surface area contributed by atoms with Crippen LogP contribution in [0.15, 0.2) is 59.7 Å². The van der Waals surface area contributed by atoms with Gasteiger partial charge in [-0.3, -0.25) is 4.90 Å². The minimum absolute atomic E-state index is 0.729. The van der Waals surface area contributed by atoms with Crippen LogP contribution in [0, 0.1) is 6.08 Å². The molecule has 0 saturated carbocycles. The molecule has 0 amide bonds. The molecule has 2 aliphatic carbocycles. The third-order valence-electron chi connectivity index (χ3n) is 5.21. The van der Waals surface area contributed by atoms with E-state index < -0.39 is 0 Å². The fraction of sp³-hybridized carbons (Fsp3) is 0.400. The highest BCUT2D eigenvalue weighted by Gasteiger charge is 2.30. The first-order valence-corrected chi connectivity index (χ1v) is 8.42. The second kappa shape index (κ2) is 6.08. The van der Waals surface area contributed by atoms with E-state index in [9.17, 15) is 0 Å². The molecule has 1 unspecified atom stereocenters. The molecule has 1 aromatic carbocycles. The number of nitrogens with zero attached hydrogens (tertiary/aromatic N) is 2. The smallest absolute Gasteiger partial charge is 0.106 e. The zero-order valence-electron chi connectivity index (χ0n) is 13.0. The highest BCUT2D eigenvalue weighted by molar-refractivity contribution is 5.46. The lowest BCUT2D eigenvalue weighted by Crippen LogP contribution is -2.51. The summed E-state index contributed by atoms with van der Waals surface area (Å²) in [6.45, 7) is 4.67. The Morgan fingerprint density at radius 3 is 2.59 bits per heavy atom. The third kappa shape index (κ3) is 2.72. The van der Waals surface area contributed by atoms with Gasteiger partial charge in [-0.25, -0.2) is 0 Å². The topological polar surface area (TPSA) is 6.48 Å². The Balaban J connectivity index is 1.37. The summed E-state index contributed by atoms with van der Waals surface area (Å²) in [5.74, 6) is 0.